The average Bonchev–Trinajstić information content (AvgIpc) is 2.51. The third-order valence-corrected chi connectivity index (χ3v) is 1.48. The zero-order chi connectivity index (χ0) is 10.7. The molecular weight excluding hydrogens is 190 g/mol. The molecule has 14 heavy (non-hydrogen) atoms. The minimum Gasteiger partial charge on any atom is -0.480 e. The second-order valence-electron chi connectivity index (χ2n) is 2.65. The molecule has 0 aromatic carbocycles. The molecule has 0 saturated carbocycles. The molecule has 1 atom stereocenters. The van der Waals surface area contributed by atoms with Gasteiger partial charge in [0.05, 0.1) is 0 Å². The van der Waals surface area contributed by atoms with Crippen LogP contribution in [0.25, 0.3) is 0 Å². The zero-order valence-corrected chi connectivity index (χ0v) is 7.35. The minimum absolute atomic E-state index is 0.00173. The summed E-state index contributed by atoms with van der Waals surface area (Å²) in [5.74, 6) is -1.77. The predicted molar refractivity (Wildman–Crippen MR) is 45.5 cm³/mol. The number of nitrogens with two attached hydrogens (primary N) is 1. The molecule has 0 aliphatic heterocycles. The highest BCUT2D eigenvalue weighted by molar-refractivity contribution is 5.95. The maximum atomic E-state index is 11.2. The molecule has 0 saturated heterocycles. The number of carbonyl (C=O) groups is 2. The number of hydrogen-bond acceptors (Lipinski definition) is 5. The van der Waals surface area contributed by atoms with Crippen LogP contribution in [0.2, 0.25) is 0 Å². The second-order valence-corrected chi connectivity index (χ2v) is 2.65. The predicted octanol–water partition coefficient (Wildman–Crippen LogP) is -0.540. The fraction of sp³-hybridized carbons (Fsp3) is 0.286. The Labute approximate surface area is 78.9 Å². The van der Waals surface area contributed by atoms with Crippen molar-refractivity contribution in [3.8, 4) is 0 Å². The number of aromatic nitrogens is 1. The third-order valence-electron chi connectivity index (χ3n) is 1.48. The van der Waals surface area contributed by atoms with E-state index in [-0.39, 0.29) is 11.6 Å². The maximum Gasteiger partial charge on any atom is 0.325 e. The molecule has 0 aliphatic carbocycles. The number of anilines is 1. The smallest absolute Gasteiger partial charge is 0.325 e. The molecule has 1 aromatic heterocycles. The molecule has 4 N–H and O–H groups in total. The second kappa shape index (κ2) is 3.77. The van der Waals surface area contributed by atoms with Gasteiger partial charge in [-0.1, -0.05) is 5.16 Å². The molecule has 1 amide bonds. The Balaban J connectivity index is 2.63. The van der Waals surface area contributed by atoms with E-state index in [9.17, 15) is 9.59 Å². The van der Waals surface area contributed by atoms with Crippen molar-refractivity contribution >= 4 is 17.8 Å². The van der Waals surface area contributed by atoms with Crippen LogP contribution < -0.4 is 11.1 Å². The van der Waals surface area contributed by atoms with Crippen LogP contribution in [-0.2, 0) is 4.79 Å². The Morgan fingerprint density at radius 3 is 2.79 bits per heavy atom. The fourth-order valence-corrected chi connectivity index (χ4v) is 0.729. The fourth-order valence-electron chi connectivity index (χ4n) is 0.729. The molecule has 1 aromatic rings. The Morgan fingerprint density at radius 1 is 1.71 bits per heavy atom. The van der Waals surface area contributed by atoms with Crippen molar-refractivity contribution < 1.29 is 19.2 Å². The lowest BCUT2D eigenvalue weighted by molar-refractivity contribution is -0.138. The standard InChI is InChI=1S/C7H9N3O4/c1-3(7(12)13)9-6(11)4-2-5(8)14-10-4/h2-3H,8H2,1H3,(H,9,11)(H,12,13)/t3-/m0/s1. The van der Waals surface area contributed by atoms with Gasteiger partial charge in [-0.2, -0.15) is 0 Å². The van der Waals surface area contributed by atoms with E-state index in [0.29, 0.717) is 0 Å². The van der Waals surface area contributed by atoms with Crippen molar-refractivity contribution in [2.75, 3.05) is 5.73 Å². The molecule has 0 aliphatic rings. The van der Waals surface area contributed by atoms with Crippen LogP contribution in [0.15, 0.2) is 10.6 Å². The van der Waals surface area contributed by atoms with E-state index in [1.807, 2.05) is 0 Å². The molecule has 0 bridgehead atoms. The van der Waals surface area contributed by atoms with E-state index in [2.05, 4.69) is 15.0 Å². The highest BCUT2D eigenvalue weighted by Crippen LogP contribution is 2.04. The zero-order valence-electron chi connectivity index (χ0n) is 7.35. The lowest BCUT2D eigenvalue weighted by atomic mass is 10.3. The van der Waals surface area contributed by atoms with Crippen LogP contribution in [-0.4, -0.2) is 28.2 Å². The van der Waals surface area contributed by atoms with E-state index >= 15 is 0 Å². The normalized spacial score (nSPS) is 12.1. The van der Waals surface area contributed by atoms with Crippen LogP contribution in [0.5, 0.6) is 0 Å². The molecule has 0 fully saturated rings. The maximum absolute atomic E-state index is 11.2. The van der Waals surface area contributed by atoms with Gasteiger partial charge in [-0.15, -0.1) is 0 Å². The summed E-state index contributed by atoms with van der Waals surface area (Å²) in [7, 11) is 0. The average molecular weight is 199 g/mol. The van der Waals surface area contributed by atoms with E-state index < -0.39 is 17.9 Å². The molecule has 1 heterocycles. The van der Waals surface area contributed by atoms with Crippen molar-refractivity contribution in [1.29, 1.82) is 0 Å². The number of rotatable bonds is 3. The van der Waals surface area contributed by atoms with E-state index in [1.54, 1.807) is 0 Å². The van der Waals surface area contributed by atoms with Gasteiger partial charge < -0.3 is 20.7 Å². The topological polar surface area (TPSA) is 118 Å². The third kappa shape index (κ3) is 2.22. The Kier molecular flexibility index (Phi) is 2.70. The summed E-state index contributed by atoms with van der Waals surface area (Å²) >= 11 is 0. The van der Waals surface area contributed by atoms with Crippen LogP contribution in [0, 0.1) is 0 Å². The first kappa shape index (κ1) is 10.0. The van der Waals surface area contributed by atoms with Crippen LogP contribution in [0.1, 0.15) is 17.4 Å². The van der Waals surface area contributed by atoms with Crippen molar-refractivity contribution in [2.24, 2.45) is 0 Å². The van der Waals surface area contributed by atoms with Crippen LogP contribution >= 0.6 is 0 Å². The number of amides is 1. The molecular formula is C7H9N3O4. The summed E-state index contributed by atoms with van der Waals surface area (Å²) in [4.78, 5) is 21.6. The van der Waals surface area contributed by atoms with Gasteiger partial charge >= 0.3 is 5.97 Å². The quantitative estimate of drug-likeness (QED) is 0.601. The molecule has 7 nitrogen and oxygen atoms in total. The van der Waals surface area contributed by atoms with Gasteiger partial charge in [-0.3, -0.25) is 9.59 Å². The van der Waals surface area contributed by atoms with Crippen molar-refractivity contribution in [2.45, 2.75) is 13.0 Å². The van der Waals surface area contributed by atoms with Gasteiger partial charge in [0.1, 0.15) is 6.04 Å². The SMILES string of the molecule is C[C@H](NC(=O)c1cc(N)on1)C(=O)O. The number of carbonyl (C=O) groups excluding carboxylic acids is 1. The number of carboxylic acid groups (broad SMARTS) is 1. The summed E-state index contributed by atoms with van der Waals surface area (Å²) in [6, 6.07) is 0.226. The molecule has 0 radical (unpaired) electrons. The number of nitrogen functional groups attached to an aromatic ring is 1. The van der Waals surface area contributed by atoms with Gasteiger partial charge in [0.15, 0.2) is 5.69 Å². The Hall–Kier alpha value is -2.05. The van der Waals surface area contributed by atoms with Gasteiger partial charge in [0, 0.05) is 6.07 Å². The van der Waals surface area contributed by atoms with E-state index in [4.69, 9.17) is 10.8 Å². The first-order valence-corrected chi connectivity index (χ1v) is 3.76. The van der Waals surface area contributed by atoms with Gasteiger partial charge in [-0.05, 0) is 6.92 Å². The summed E-state index contributed by atoms with van der Waals surface area (Å²) in [5.41, 5.74) is 5.14. The Morgan fingerprint density at radius 2 is 2.36 bits per heavy atom. The number of carboxylic acids is 1. The van der Waals surface area contributed by atoms with Crippen molar-refractivity contribution in [3.63, 3.8) is 0 Å². The highest BCUT2D eigenvalue weighted by Gasteiger charge is 2.17. The van der Waals surface area contributed by atoms with Crippen molar-refractivity contribution in [1.82, 2.24) is 10.5 Å². The summed E-state index contributed by atoms with van der Waals surface area (Å²) in [6.45, 7) is 1.34. The van der Waals surface area contributed by atoms with E-state index in [0.717, 1.165) is 0 Å². The molecule has 0 unspecified atom stereocenters. The monoisotopic (exact) mass is 199 g/mol. The molecule has 1 rings (SSSR count). The molecule has 0 spiro atoms. The largest absolute Gasteiger partial charge is 0.480 e. The molecule has 7 heteroatoms. The summed E-state index contributed by atoms with van der Waals surface area (Å²) < 4.78 is 4.45. The molecule has 76 valence electrons. The first-order valence-electron chi connectivity index (χ1n) is 3.76. The van der Waals surface area contributed by atoms with E-state index in [1.165, 1.54) is 13.0 Å². The first-order chi connectivity index (χ1) is 6.50. The van der Waals surface area contributed by atoms with Gasteiger partial charge in [0.25, 0.3) is 5.91 Å². The number of hydrogen-bond donors (Lipinski definition) is 3. The minimum atomic E-state index is -1.13. The Bertz CT molecular complexity index is 360. The van der Waals surface area contributed by atoms with Crippen LogP contribution in [0.3, 0.4) is 0 Å². The van der Waals surface area contributed by atoms with Crippen LogP contribution in [0.4, 0.5) is 5.88 Å². The van der Waals surface area contributed by atoms with Crippen molar-refractivity contribution in [3.05, 3.63) is 11.8 Å². The van der Waals surface area contributed by atoms with Gasteiger partial charge in [0.2, 0.25) is 5.88 Å². The van der Waals surface area contributed by atoms with Gasteiger partial charge in [-0.25, -0.2) is 0 Å². The summed E-state index contributed by atoms with van der Waals surface area (Å²) in [5, 5.41) is 14.0. The number of aliphatic carboxylic acids is 1. The highest BCUT2D eigenvalue weighted by atomic mass is 16.5. The number of nitrogens with one attached hydrogen (secondary N) is 1. The number of nitrogens with zero attached hydrogens (tertiary/aromatic N) is 1. The lowest BCUT2D eigenvalue weighted by Crippen LogP contribution is -2.38. The lowest BCUT2D eigenvalue weighted by Gasteiger charge is -2.06. The summed E-state index contributed by atoms with van der Waals surface area (Å²) in [6.07, 6.45) is 0.